The Morgan fingerprint density at radius 2 is 1.62 bits per heavy atom. The maximum Gasteiger partial charge on any atom is 0.131 e. The Labute approximate surface area is 124 Å². The average molecular weight is 287 g/mol. The number of aryl methyl sites for hydroxylation is 2. The predicted octanol–water partition coefficient (Wildman–Crippen LogP) is 4.15. The summed E-state index contributed by atoms with van der Waals surface area (Å²) in [5, 5.41) is 3.04. The summed E-state index contributed by atoms with van der Waals surface area (Å²) < 4.78 is 28.1. The van der Waals surface area contributed by atoms with E-state index in [1.165, 1.54) is 42.2 Å². The molecule has 0 spiro atoms. The molecule has 1 nitrogen and oxygen atoms in total. The van der Waals surface area contributed by atoms with E-state index >= 15 is 0 Å². The van der Waals surface area contributed by atoms with Crippen LogP contribution >= 0.6 is 0 Å². The van der Waals surface area contributed by atoms with Crippen molar-refractivity contribution >= 4 is 0 Å². The van der Waals surface area contributed by atoms with Crippen LogP contribution < -0.4 is 5.32 Å². The summed E-state index contributed by atoms with van der Waals surface area (Å²) in [6.07, 6.45) is 4.58. The molecule has 0 saturated carbocycles. The van der Waals surface area contributed by atoms with Crippen molar-refractivity contribution in [2.24, 2.45) is 0 Å². The van der Waals surface area contributed by atoms with Gasteiger partial charge in [0.15, 0.2) is 0 Å². The molecule has 0 aliphatic heterocycles. The van der Waals surface area contributed by atoms with E-state index in [0.717, 1.165) is 18.4 Å². The third kappa shape index (κ3) is 2.70. The van der Waals surface area contributed by atoms with Gasteiger partial charge in [-0.1, -0.05) is 24.3 Å². The molecular formula is C18H19F2N. The lowest BCUT2D eigenvalue weighted by Crippen LogP contribution is -2.21. The Kier molecular flexibility index (Phi) is 4.02. The predicted molar refractivity (Wildman–Crippen MR) is 80.3 cm³/mol. The quantitative estimate of drug-likeness (QED) is 0.894. The molecule has 3 rings (SSSR count). The molecule has 0 fully saturated rings. The SMILES string of the molecule is CNC(c1ccc2c(c1)CCCC2)c1c(F)cccc1F. The number of rotatable bonds is 3. The van der Waals surface area contributed by atoms with Gasteiger partial charge in [0.2, 0.25) is 0 Å². The Balaban J connectivity index is 2.04. The molecule has 0 amide bonds. The number of hydrogen-bond acceptors (Lipinski definition) is 1. The highest BCUT2D eigenvalue weighted by Crippen LogP contribution is 2.30. The lowest BCUT2D eigenvalue weighted by molar-refractivity contribution is 0.521. The lowest BCUT2D eigenvalue weighted by Gasteiger charge is -2.22. The monoisotopic (exact) mass is 287 g/mol. The van der Waals surface area contributed by atoms with E-state index < -0.39 is 17.7 Å². The summed E-state index contributed by atoms with van der Waals surface area (Å²) in [5.74, 6) is -1.01. The van der Waals surface area contributed by atoms with Crippen LogP contribution in [0.3, 0.4) is 0 Å². The number of benzene rings is 2. The third-order valence-corrected chi connectivity index (χ3v) is 4.28. The van der Waals surface area contributed by atoms with Gasteiger partial charge in [-0.3, -0.25) is 0 Å². The Bertz CT molecular complexity index is 631. The normalized spacial score (nSPS) is 15.6. The molecule has 110 valence electrons. The standard InChI is InChI=1S/C18H19F2N/c1-21-18(17-15(19)7-4-8-16(17)20)14-10-9-12-5-2-3-6-13(12)11-14/h4,7-11,18,21H,2-3,5-6H2,1H3. The van der Waals surface area contributed by atoms with Crippen molar-refractivity contribution in [1.82, 2.24) is 5.32 Å². The van der Waals surface area contributed by atoms with Gasteiger partial charge in [0.1, 0.15) is 11.6 Å². The third-order valence-electron chi connectivity index (χ3n) is 4.28. The van der Waals surface area contributed by atoms with E-state index in [4.69, 9.17) is 0 Å². The van der Waals surface area contributed by atoms with E-state index in [1.54, 1.807) is 7.05 Å². The average Bonchev–Trinajstić information content (AvgIpc) is 2.50. The maximum absolute atomic E-state index is 14.0. The Morgan fingerprint density at radius 3 is 2.29 bits per heavy atom. The molecule has 0 heterocycles. The molecule has 0 bridgehead atoms. The van der Waals surface area contributed by atoms with E-state index in [-0.39, 0.29) is 5.56 Å². The van der Waals surface area contributed by atoms with Gasteiger partial charge < -0.3 is 5.32 Å². The van der Waals surface area contributed by atoms with Gasteiger partial charge >= 0.3 is 0 Å². The first kappa shape index (κ1) is 14.2. The van der Waals surface area contributed by atoms with Crippen molar-refractivity contribution < 1.29 is 8.78 Å². The van der Waals surface area contributed by atoms with Crippen molar-refractivity contribution in [2.75, 3.05) is 7.05 Å². The van der Waals surface area contributed by atoms with Crippen molar-refractivity contribution in [3.8, 4) is 0 Å². The molecule has 1 unspecified atom stereocenters. The van der Waals surface area contributed by atoms with Crippen LogP contribution in [0.1, 0.15) is 41.1 Å². The molecule has 1 aliphatic carbocycles. The van der Waals surface area contributed by atoms with Crippen LogP contribution in [0.15, 0.2) is 36.4 Å². The Morgan fingerprint density at radius 1 is 0.952 bits per heavy atom. The molecule has 1 aliphatic rings. The minimum Gasteiger partial charge on any atom is -0.309 e. The first-order chi connectivity index (χ1) is 10.2. The molecule has 0 aromatic heterocycles. The van der Waals surface area contributed by atoms with Gasteiger partial charge in [-0.25, -0.2) is 8.78 Å². The maximum atomic E-state index is 14.0. The fourth-order valence-corrected chi connectivity index (χ4v) is 3.20. The van der Waals surface area contributed by atoms with Gasteiger partial charge in [0, 0.05) is 5.56 Å². The largest absolute Gasteiger partial charge is 0.309 e. The zero-order chi connectivity index (χ0) is 14.8. The number of hydrogen-bond donors (Lipinski definition) is 1. The van der Waals surface area contributed by atoms with Crippen LogP contribution in [0.4, 0.5) is 8.78 Å². The van der Waals surface area contributed by atoms with Gasteiger partial charge in [-0.2, -0.15) is 0 Å². The minimum atomic E-state index is -0.507. The summed E-state index contributed by atoms with van der Waals surface area (Å²) in [7, 11) is 1.73. The van der Waals surface area contributed by atoms with E-state index in [0.29, 0.717) is 0 Å². The highest BCUT2D eigenvalue weighted by Gasteiger charge is 2.21. The van der Waals surface area contributed by atoms with Gasteiger partial charge in [-0.05, 0) is 61.6 Å². The summed E-state index contributed by atoms with van der Waals surface area (Å²) in [5.41, 5.74) is 3.70. The van der Waals surface area contributed by atoms with Crippen LogP contribution in [0.5, 0.6) is 0 Å². The van der Waals surface area contributed by atoms with E-state index in [2.05, 4.69) is 17.4 Å². The lowest BCUT2D eigenvalue weighted by atomic mass is 9.87. The summed E-state index contributed by atoms with van der Waals surface area (Å²) >= 11 is 0. The second kappa shape index (κ2) is 5.94. The minimum absolute atomic E-state index is 0.0933. The van der Waals surface area contributed by atoms with Crippen molar-refractivity contribution in [2.45, 2.75) is 31.7 Å². The van der Waals surface area contributed by atoms with Crippen LogP contribution in [0.2, 0.25) is 0 Å². The van der Waals surface area contributed by atoms with Crippen LogP contribution in [0.25, 0.3) is 0 Å². The molecular weight excluding hydrogens is 268 g/mol. The molecule has 1 N–H and O–H groups in total. The van der Waals surface area contributed by atoms with Crippen molar-refractivity contribution in [1.29, 1.82) is 0 Å². The zero-order valence-corrected chi connectivity index (χ0v) is 12.1. The molecule has 21 heavy (non-hydrogen) atoms. The van der Waals surface area contributed by atoms with E-state index in [9.17, 15) is 8.78 Å². The highest BCUT2D eigenvalue weighted by atomic mass is 19.1. The van der Waals surface area contributed by atoms with Crippen molar-refractivity contribution in [3.63, 3.8) is 0 Å². The van der Waals surface area contributed by atoms with Crippen LogP contribution in [0, 0.1) is 11.6 Å². The van der Waals surface area contributed by atoms with Crippen molar-refractivity contribution in [3.05, 3.63) is 70.3 Å². The number of fused-ring (bicyclic) bond motifs is 1. The van der Waals surface area contributed by atoms with E-state index in [1.807, 2.05) is 6.07 Å². The summed E-state index contributed by atoms with van der Waals surface area (Å²) in [6.45, 7) is 0. The summed E-state index contributed by atoms with van der Waals surface area (Å²) in [6, 6.07) is 9.74. The van der Waals surface area contributed by atoms with Gasteiger partial charge in [0.25, 0.3) is 0 Å². The number of halogens is 2. The van der Waals surface area contributed by atoms with Crippen LogP contribution in [-0.2, 0) is 12.8 Å². The second-order valence-corrected chi connectivity index (χ2v) is 5.59. The highest BCUT2D eigenvalue weighted by molar-refractivity contribution is 5.40. The van der Waals surface area contributed by atoms with Gasteiger partial charge in [0.05, 0.1) is 6.04 Å². The first-order valence-electron chi connectivity index (χ1n) is 7.43. The van der Waals surface area contributed by atoms with Gasteiger partial charge in [-0.15, -0.1) is 0 Å². The topological polar surface area (TPSA) is 12.0 Å². The molecule has 3 heteroatoms. The number of nitrogens with one attached hydrogen (secondary N) is 1. The Hall–Kier alpha value is -1.74. The summed E-state index contributed by atoms with van der Waals surface area (Å²) in [4.78, 5) is 0. The fraction of sp³-hybridized carbons (Fsp3) is 0.333. The molecule has 2 aromatic carbocycles. The first-order valence-corrected chi connectivity index (χ1v) is 7.43. The molecule has 0 radical (unpaired) electrons. The smallest absolute Gasteiger partial charge is 0.131 e. The second-order valence-electron chi connectivity index (χ2n) is 5.59. The molecule has 0 saturated heterocycles. The van der Waals surface area contributed by atoms with Crippen LogP contribution in [-0.4, -0.2) is 7.05 Å². The fourth-order valence-electron chi connectivity index (χ4n) is 3.20. The zero-order valence-electron chi connectivity index (χ0n) is 12.1. The molecule has 2 aromatic rings. The molecule has 1 atom stereocenters.